The van der Waals surface area contributed by atoms with E-state index in [1.807, 2.05) is 6.07 Å². The number of pyridine rings is 2. The number of amides is 1. The molecule has 0 aliphatic carbocycles. The van der Waals surface area contributed by atoms with E-state index in [1.165, 1.54) is 18.3 Å². The maximum absolute atomic E-state index is 13.3. The van der Waals surface area contributed by atoms with Crippen molar-refractivity contribution in [1.82, 2.24) is 9.97 Å². The van der Waals surface area contributed by atoms with Crippen LogP contribution >= 0.6 is 0 Å². The number of benzene rings is 1. The maximum Gasteiger partial charge on any atom is 0.228 e. The van der Waals surface area contributed by atoms with E-state index in [0.717, 1.165) is 11.1 Å². The molecule has 3 rings (SSSR count). The van der Waals surface area contributed by atoms with Crippen LogP contribution in [0.3, 0.4) is 0 Å². The molecule has 0 atom stereocenters. The molecule has 1 amide bonds. The van der Waals surface area contributed by atoms with Crippen LogP contribution in [-0.2, 0) is 11.2 Å². The number of hydrogen-bond donors (Lipinski definition) is 2. The standard InChI is InChI=1S/C23H20FN5O/c1-2-17(10-11-28-25)21-8-6-16(14-26-21)12-23(30)29-20-7-9-22(27-15-20)18-4-3-5-19(24)13-18/h2-11,13-15H,1,12,25H2,(H,29,30)/b17-10+,28-11-. The molecule has 6 nitrogen and oxygen atoms in total. The molecule has 150 valence electrons. The summed E-state index contributed by atoms with van der Waals surface area (Å²) in [5.41, 5.74) is 4.08. The summed E-state index contributed by atoms with van der Waals surface area (Å²) in [6, 6.07) is 13.3. The molecular formula is C23H20FN5O. The monoisotopic (exact) mass is 401 g/mol. The molecule has 0 saturated heterocycles. The van der Waals surface area contributed by atoms with Crippen LogP contribution < -0.4 is 11.2 Å². The fraction of sp³-hybridized carbons (Fsp3) is 0.0435. The van der Waals surface area contributed by atoms with E-state index in [2.05, 4.69) is 27.0 Å². The molecule has 1 aromatic carbocycles. The number of hydrogen-bond acceptors (Lipinski definition) is 5. The van der Waals surface area contributed by atoms with Crippen molar-refractivity contribution in [2.75, 3.05) is 5.32 Å². The van der Waals surface area contributed by atoms with E-state index in [9.17, 15) is 9.18 Å². The van der Waals surface area contributed by atoms with Gasteiger partial charge in [0.2, 0.25) is 5.91 Å². The van der Waals surface area contributed by atoms with Crippen LogP contribution in [0, 0.1) is 5.82 Å². The van der Waals surface area contributed by atoms with Gasteiger partial charge in [0.05, 0.1) is 29.7 Å². The Morgan fingerprint density at radius 3 is 2.67 bits per heavy atom. The molecule has 7 heteroatoms. The first-order valence-electron chi connectivity index (χ1n) is 9.12. The maximum atomic E-state index is 13.3. The van der Waals surface area contributed by atoms with Crippen molar-refractivity contribution in [3.05, 3.63) is 96.7 Å². The number of hydrazone groups is 1. The van der Waals surface area contributed by atoms with Gasteiger partial charge in [-0.25, -0.2) is 4.39 Å². The highest BCUT2D eigenvalue weighted by Gasteiger charge is 2.07. The lowest BCUT2D eigenvalue weighted by Gasteiger charge is -2.07. The molecule has 30 heavy (non-hydrogen) atoms. The third kappa shape index (κ3) is 5.45. The lowest BCUT2D eigenvalue weighted by molar-refractivity contribution is -0.115. The highest BCUT2D eigenvalue weighted by Crippen LogP contribution is 2.19. The molecule has 0 saturated carbocycles. The summed E-state index contributed by atoms with van der Waals surface area (Å²) in [7, 11) is 0. The molecule has 0 spiro atoms. The third-order valence-corrected chi connectivity index (χ3v) is 4.21. The van der Waals surface area contributed by atoms with Crippen LogP contribution in [0.15, 0.2) is 84.8 Å². The van der Waals surface area contributed by atoms with E-state index >= 15 is 0 Å². The molecule has 3 aromatic rings. The fourth-order valence-electron chi connectivity index (χ4n) is 2.76. The molecule has 0 bridgehead atoms. The van der Waals surface area contributed by atoms with E-state index in [-0.39, 0.29) is 18.1 Å². The van der Waals surface area contributed by atoms with E-state index in [1.54, 1.807) is 54.9 Å². The Bertz CT molecular complexity index is 1090. The second-order valence-corrected chi connectivity index (χ2v) is 6.34. The van der Waals surface area contributed by atoms with Gasteiger partial charge in [0.25, 0.3) is 0 Å². The van der Waals surface area contributed by atoms with Crippen molar-refractivity contribution >= 4 is 23.4 Å². The van der Waals surface area contributed by atoms with Crippen LogP contribution in [0.5, 0.6) is 0 Å². The Morgan fingerprint density at radius 2 is 2.03 bits per heavy atom. The molecule has 0 aliphatic heterocycles. The van der Waals surface area contributed by atoms with Crippen molar-refractivity contribution in [1.29, 1.82) is 0 Å². The Morgan fingerprint density at radius 1 is 1.17 bits per heavy atom. The zero-order valence-corrected chi connectivity index (χ0v) is 16.1. The van der Waals surface area contributed by atoms with Crippen LogP contribution in [0.25, 0.3) is 16.8 Å². The number of rotatable bonds is 7. The number of carbonyl (C=O) groups is 1. The quantitative estimate of drug-likeness (QED) is 0.271. The van der Waals surface area contributed by atoms with Gasteiger partial charge in [-0.3, -0.25) is 14.8 Å². The largest absolute Gasteiger partial charge is 0.324 e. The van der Waals surface area contributed by atoms with E-state index < -0.39 is 0 Å². The van der Waals surface area contributed by atoms with Crippen LogP contribution in [-0.4, -0.2) is 22.1 Å². The average molecular weight is 401 g/mol. The van der Waals surface area contributed by atoms with Crippen molar-refractivity contribution in [2.24, 2.45) is 10.9 Å². The number of nitrogens with zero attached hydrogens (tertiary/aromatic N) is 3. The van der Waals surface area contributed by atoms with Gasteiger partial charge < -0.3 is 11.2 Å². The lowest BCUT2D eigenvalue weighted by Crippen LogP contribution is -2.14. The van der Waals surface area contributed by atoms with Gasteiger partial charge in [-0.15, -0.1) is 0 Å². The zero-order valence-electron chi connectivity index (χ0n) is 16.1. The normalized spacial score (nSPS) is 11.4. The first kappa shape index (κ1) is 20.6. The average Bonchev–Trinajstić information content (AvgIpc) is 2.76. The summed E-state index contributed by atoms with van der Waals surface area (Å²) >= 11 is 0. The number of carbonyl (C=O) groups excluding carboxylic acids is 1. The highest BCUT2D eigenvalue weighted by atomic mass is 19.1. The molecule has 0 fully saturated rings. The first-order valence-corrected chi connectivity index (χ1v) is 9.12. The summed E-state index contributed by atoms with van der Waals surface area (Å²) in [5.74, 6) is 4.58. The molecule has 3 N–H and O–H groups in total. The van der Waals surface area contributed by atoms with Crippen molar-refractivity contribution in [3.8, 4) is 11.3 Å². The Hall–Kier alpha value is -4.13. The lowest BCUT2D eigenvalue weighted by atomic mass is 10.1. The van der Waals surface area contributed by atoms with Crippen molar-refractivity contribution in [2.45, 2.75) is 6.42 Å². The second kappa shape index (κ2) is 9.88. The SMILES string of the molecule is C=C/C(=C\C=N/N)c1ccc(CC(=O)Nc2ccc(-c3cccc(F)c3)nc2)cn1. The number of allylic oxidation sites excluding steroid dienone is 3. The smallest absolute Gasteiger partial charge is 0.228 e. The van der Waals surface area contributed by atoms with E-state index in [0.29, 0.717) is 22.6 Å². The van der Waals surface area contributed by atoms with Gasteiger partial charge >= 0.3 is 0 Å². The molecular weight excluding hydrogens is 381 g/mol. The number of nitrogens with two attached hydrogens (primary N) is 1. The summed E-state index contributed by atoms with van der Waals surface area (Å²) in [5, 5.41) is 6.22. The molecule has 2 aromatic heterocycles. The van der Waals surface area contributed by atoms with Crippen LogP contribution in [0.1, 0.15) is 11.3 Å². The third-order valence-electron chi connectivity index (χ3n) is 4.21. The Kier molecular flexibility index (Phi) is 6.78. The van der Waals surface area contributed by atoms with Crippen molar-refractivity contribution < 1.29 is 9.18 Å². The number of anilines is 1. The van der Waals surface area contributed by atoms with Crippen molar-refractivity contribution in [3.63, 3.8) is 0 Å². The first-order chi connectivity index (χ1) is 14.6. The number of aromatic nitrogens is 2. The number of halogens is 1. The predicted molar refractivity (Wildman–Crippen MR) is 117 cm³/mol. The molecule has 0 unspecified atom stereocenters. The van der Waals surface area contributed by atoms with Crippen LogP contribution in [0.4, 0.5) is 10.1 Å². The van der Waals surface area contributed by atoms with Gasteiger partial charge in [-0.1, -0.05) is 30.9 Å². The summed E-state index contributed by atoms with van der Waals surface area (Å²) in [6.45, 7) is 3.74. The molecule has 0 aliphatic rings. The summed E-state index contributed by atoms with van der Waals surface area (Å²) < 4.78 is 13.3. The molecule has 0 radical (unpaired) electrons. The van der Waals surface area contributed by atoms with Crippen LogP contribution in [0.2, 0.25) is 0 Å². The van der Waals surface area contributed by atoms with Gasteiger partial charge in [-0.2, -0.15) is 5.10 Å². The minimum Gasteiger partial charge on any atom is -0.324 e. The zero-order chi connectivity index (χ0) is 21.3. The minimum absolute atomic E-state index is 0.163. The fourth-order valence-corrected chi connectivity index (χ4v) is 2.76. The Labute approximate surface area is 173 Å². The highest BCUT2D eigenvalue weighted by molar-refractivity contribution is 5.92. The number of nitrogens with one attached hydrogen (secondary N) is 1. The second-order valence-electron chi connectivity index (χ2n) is 6.34. The topological polar surface area (TPSA) is 93.3 Å². The Balaban J connectivity index is 1.62. The summed E-state index contributed by atoms with van der Waals surface area (Å²) in [4.78, 5) is 21.0. The van der Waals surface area contributed by atoms with E-state index in [4.69, 9.17) is 5.84 Å². The predicted octanol–water partition coefficient (Wildman–Crippen LogP) is 3.98. The van der Waals surface area contributed by atoms with Gasteiger partial charge in [0, 0.05) is 23.5 Å². The summed E-state index contributed by atoms with van der Waals surface area (Å²) in [6.07, 6.45) is 8.14. The van der Waals surface area contributed by atoms with Gasteiger partial charge in [0.15, 0.2) is 0 Å². The van der Waals surface area contributed by atoms with Gasteiger partial charge in [-0.05, 0) is 42.0 Å². The van der Waals surface area contributed by atoms with Gasteiger partial charge in [0.1, 0.15) is 5.82 Å². The minimum atomic E-state index is -0.325. The molecule has 2 heterocycles.